The molecule has 2 N–H and O–H groups in total. The molecule has 0 saturated carbocycles. The van der Waals surface area contributed by atoms with E-state index in [4.69, 9.17) is 0 Å². The number of rotatable bonds is 5. The first-order chi connectivity index (χ1) is 11.1. The second-order valence-electron chi connectivity index (χ2n) is 5.49. The molecule has 0 spiro atoms. The lowest BCUT2D eigenvalue weighted by Gasteiger charge is -2.13. The van der Waals surface area contributed by atoms with Crippen LogP contribution in [0.4, 0.5) is 0 Å². The van der Waals surface area contributed by atoms with Crippen LogP contribution >= 0.6 is 0 Å². The first-order valence-corrected chi connectivity index (χ1v) is 7.44. The van der Waals surface area contributed by atoms with Gasteiger partial charge in [-0.05, 0) is 37.5 Å². The van der Waals surface area contributed by atoms with Crippen LogP contribution < -0.4 is 5.56 Å². The highest BCUT2D eigenvalue weighted by atomic mass is 16.3. The topological polar surface area (TPSA) is 90.5 Å². The predicted molar refractivity (Wildman–Crippen MR) is 83.5 cm³/mol. The van der Waals surface area contributed by atoms with Crippen molar-refractivity contribution in [1.29, 1.82) is 0 Å². The molecule has 6 nitrogen and oxygen atoms in total. The smallest absolute Gasteiger partial charge is 0.261 e. The summed E-state index contributed by atoms with van der Waals surface area (Å²) >= 11 is 0. The van der Waals surface area contributed by atoms with Gasteiger partial charge in [0, 0.05) is 18.3 Å². The highest BCUT2D eigenvalue weighted by Gasteiger charge is 2.34. The van der Waals surface area contributed by atoms with Gasteiger partial charge >= 0.3 is 0 Å². The minimum atomic E-state index is -0.347. The maximum Gasteiger partial charge on any atom is 0.261 e. The number of aromatic nitrogens is 1. The largest absolute Gasteiger partial charge is 0.508 e. The van der Waals surface area contributed by atoms with Gasteiger partial charge in [-0.25, -0.2) is 0 Å². The monoisotopic (exact) mass is 312 g/mol. The van der Waals surface area contributed by atoms with Gasteiger partial charge in [-0.1, -0.05) is 12.1 Å². The van der Waals surface area contributed by atoms with E-state index in [-0.39, 0.29) is 23.1 Å². The molecule has 0 atom stereocenters. The number of unbranched alkanes of at least 4 members (excludes halogenated alkanes) is 1. The molecule has 2 heterocycles. The summed E-state index contributed by atoms with van der Waals surface area (Å²) in [7, 11) is 0. The van der Waals surface area contributed by atoms with E-state index >= 15 is 0 Å². The molecule has 0 unspecified atom stereocenters. The molecule has 0 saturated heterocycles. The molecule has 0 aliphatic carbocycles. The Hall–Kier alpha value is -2.89. The molecule has 1 aromatic carbocycles. The van der Waals surface area contributed by atoms with Crippen molar-refractivity contribution >= 4 is 11.8 Å². The van der Waals surface area contributed by atoms with Gasteiger partial charge in [0.25, 0.3) is 17.4 Å². The number of aromatic hydroxyl groups is 1. The van der Waals surface area contributed by atoms with Gasteiger partial charge in [-0.2, -0.15) is 0 Å². The number of hydrogen-bond donors (Lipinski definition) is 2. The van der Waals surface area contributed by atoms with Crippen molar-refractivity contribution in [3.8, 4) is 5.75 Å². The van der Waals surface area contributed by atoms with Crippen molar-refractivity contribution < 1.29 is 14.7 Å². The lowest BCUT2D eigenvalue weighted by molar-refractivity contribution is 0.0652. The number of fused-ring (bicyclic) bond motifs is 1. The van der Waals surface area contributed by atoms with Crippen LogP contribution in [0.15, 0.2) is 41.2 Å². The van der Waals surface area contributed by atoms with Crippen molar-refractivity contribution in [2.75, 3.05) is 6.54 Å². The molecule has 0 radical (unpaired) electrons. The van der Waals surface area contributed by atoms with Crippen molar-refractivity contribution in [1.82, 2.24) is 9.88 Å². The van der Waals surface area contributed by atoms with Crippen molar-refractivity contribution in [3.05, 3.63) is 63.6 Å². The minimum Gasteiger partial charge on any atom is -0.508 e. The number of benzene rings is 1. The number of carbonyl (C=O) groups is 2. The van der Waals surface area contributed by atoms with E-state index in [1.165, 1.54) is 11.0 Å². The Morgan fingerprint density at radius 3 is 2.22 bits per heavy atom. The van der Waals surface area contributed by atoms with Crippen molar-refractivity contribution in [2.24, 2.45) is 0 Å². The molecule has 1 aliphatic heterocycles. The van der Waals surface area contributed by atoms with E-state index in [0.717, 1.165) is 6.07 Å². The predicted octanol–water partition coefficient (Wildman–Crippen LogP) is 1.70. The van der Waals surface area contributed by atoms with Gasteiger partial charge in [0.2, 0.25) is 0 Å². The van der Waals surface area contributed by atoms with Crippen LogP contribution in [0.2, 0.25) is 0 Å². The zero-order valence-electron chi connectivity index (χ0n) is 12.4. The Kier molecular flexibility index (Phi) is 3.97. The maximum atomic E-state index is 12.2. The molecular formula is C17H16N2O4. The summed E-state index contributed by atoms with van der Waals surface area (Å²) in [5, 5.41) is 9.38. The van der Waals surface area contributed by atoms with E-state index in [2.05, 4.69) is 4.98 Å². The Morgan fingerprint density at radius 2 is 1.61 bits per heavy atom. The van der Waals surface area contributed by atoms with E-state index in [1.54, 1.807) is 24.3 Å². The second-order valence-corrected chi connectivity index (χ2v) is 5.49. The van der Waals surface area contributed by atoms with E-state index in [9.17, 15) is 19.5 Å². The highest BCUT2D eigenvalue weighted by molar-refractivity contribution is 6.21. The number of hydrogen-bond acceptors (Lipinski definition) is 4. The fourth-order valence-electron chi connectivity index (χ4n) is 2.75. The van der Waals surface area contributed by atoms with E-state index in [0.29, 0.717) is 42.6 Å². The van der Waals surface area contributed by atoms with Crippen LogP contribution in [-0.2, 0) is 6.42 Å². The van der Waals surface area contributed by atoms with Gasteiger partial charge < -0.3 is 10.1 Å². The van der Waals surface area contributed by atoms with Gasteiger partial charge in [0.15, 0.2) is 0 Å². The van der Waals surface area contributed by atoms with Crippen molar-refractivity contribution in [3.63, 3.8) is 0 Å². The fraction of sp³-hybridized carbons (Fsp3) is 0.235. The van der Waals surface area contributed by atoms with Crippen LogP contribution in [0, 0.1) is 0 Å². The molecule has 0 bridgehead atoms. The number of amides is 2. The van der Waals surface area contributed by atoms with Crippen LogP contribution in [0.1, 0.15) is 39.3 Å². The maximum absolute atomic E-state index is 12.2. The number of aromatic amines is 1. The van der Waals surface area contributed by atoms with Gasteiger partial charge in [-0.3, -0.25) is 19.3 Å². The fourth-order valence-corrected chi connectivity index (χ4v) is 2.75. The first kappa shape index (κ1) is 15.0. The minimum absolute atomic E-state index is 0.0656. The van der Waals surface area contributed by atoms with Crippen LogP contribution in [0.3, 0.4) is 0 Å². The summed E-state index contributed by atoms with van der Waals surface area (Å²) in [5.41, 5.74) is 1.20. The number of H-pyrrole nitrogens is 1. The average molecular weight is 312 g/mol. The van der Waals surface area contributed by atoms with Gasteiger partial charge in [0.1, 0.15) is 5.75 Å². The molecule has 3 rings (SSSR count). The lowest BCUT2D eigenvalue weighted by Crippen LogP contribution is -2.30. The van der Waals surface area contributed by atoms with Crippen LogP contribution in [0.5, 0.6) is 5.75 Å². The third-order valence-electron chi connectivity index (χ3n) is 3.84. The molecule has 23 heavy (non-hydrogen) atoms. The molecular weight excluding hydrogens is 296 g/mol. The third-order valence-corrected chi connectivity index (χ3v) is 3.84. The normalized spacial score (nSPS) is 13.5. The van der Waals surface area contributed by atoms with E-state index in [1.807, 2.05) is 0 Å². The second kappa shape index (κ2) is 6.08. The van der Waals surface area contributed by atoms with E-state index < -0.39 is 0 Å². The molecule has 6 heteroatoms. The summed E-state index contributed by atoms with van der Waals surface area (Å²) in [6.07, 6.45) is 1.88. The van der Waals surface area contributed by atoms with Crippen LogP contribution in [-0.4, -0.2) is 33.3 Å². The lowest BCUT2D eigenvalue weighted by atomic mass is 10.1. The SMILES string of the molecule is O=C1c2ccccc2C(=O)N1CCCCc1cc(O)cc(=O)[nH]1. The number of aryl methyl sites for hydroxylation is 1. The molecule has 2 amide bonds. The zero-order chi connectivity index (χ0) is 16.4. The summed E-state index contributed by atoms with van der Waals surface area (Å²) in [6, 6.07) is 9.42. The number of imide groups is 1. The molecule has 1 aromatic heterocycles. The number of nitrogens with one attached hydrogen (secondary N) is 1. The third kappa shape index (κ3) is 3.01. The molecule has 1 aliphatic rings. The molecule has 2 aromatic rings. The Balaban J connectivity index is 1.57. The Bertz CT molecular complexity index is 790. The van der Waals surface area contributed by atoms with Crippen molar-refractivity contribution in [2.45, 2.75) is 19.3 Å². The summed E-state index contributed by atoms with van der Waals surface area (Å²) < 4.78 is 0. The number of pyridine rings is 1. The number of nitrogens with zero attached hydrogens (tertiary/aromatic N) is 1. The quantitative estimate of drug-likeness (QED) is 0.649. The average Bonchev–Trinajstić information content (AvgIpc) is 2.75. The molecule has 118 valence electrons. The zero-order valence-corrected chi connectivity index (χ0v) is 12.4. The Labute approximate surface area is 132 Å². The highest BCUT2D eigenvalue weighted by Crippen LogP contribution is 2.22. The Morgan fingerprint density at radius 1 is 0.957 bits per heavy atom. The van der Waals surface area contributed by atoms with Crippen LogP contribution in [0.25, 0.3) is 0 Å². The van der Waals surface area contributed by atoms with Gasteiger partial charge in [-0.15, -0.1) is 0 Å². The molecule has 0 fully saturated rings. The first-order valence-electron chi connectivity index (χ1n) is 7.44. The van der Waals surface area contributed by atoms with Gasteiger partial charge in [0.05, 0.1) is 11.1 Å². The number of carbonyl (C=O) groups excluding carboxylic acids is 2. The summed E-state index contributed by atoms with van der Waals surface area (Å²) in [6.45, 7) is 0.343. The summed E-state index contributed by atoms with van der Waals surface area (Å²) in [5.74, 6) is -0.572. The standard InChI is InChI=1S/C17H16N2O4/c20-12-9-11(18-15(21)10-12)5-3-4-8-19-16(22)13-6-1-2-7-14(13)17(19)23/h1-2,6-7,9-10H,3-5,8H2,(H2,18,20,21). The summed E-state index contributed by atoms with van der Waals surface area (Å²) in [4.78, 5) is 39.5.